The predicted octanol–water partition coefficient (Wildman–Crippen LogP) is 23.0. The molecule has 0 aliphatic carbocycles. The van der Waals surface area contributed by atoms with E-state index in [1.165, 1.54) is 126 Å². The standard InChI is InChI=1S/C80H45N5S3/c1-7-22-67-53(16-1)59-40-62-56-19-4-10-25-73(56)86-76(62)43-70(59)83(67)50-33-28-46(29-34-50)48-32-37-66-65(39-48)79(49-14-13-15-52(38-49)85-69-24-9-3-18-55(69)61-42-64-58-21-6-12-27-75(58)88-78(64)45-72(61)85)82-80(81-66)47-30-35-51(36-31-47)84-68-23-8-2-17-54(68)60-41-63-57-20-5-11-26-74(57)87-77(63)44-71(60)84/h1-45H. The molecule has 20 aromatic rings. The van der Waals surface area contributed by atoms with Gasteiger partial charge in [-0.3, -0.25) is 0 Å². The van der Waals surface area contributed by atoms with Crippen molar-refractivity contribution in [3.63, 3.8) is 0 Å². The van der Waals surface area contributed by atoms with Crippen molar-refractivity contribution in [1.29, 1.82) is 0 Å². The van der Waals surface area contributed by atoms with Crippen molar-refractivity contribution < 1.29 is 0 Å². The lowest BCUT2D eigenvalue weighted by Crippen LogP contribution is -1.98. The number of rotatable bonds is 6. The molecular weight excluding hydrogens is 1130 g/mol. The SMILES string of the molecule is c1cc(-c2nc(-c3ccc(-n4c5ccccc5c5cc6c(cc54)sc4ccccc46)cc3)nc3ccc(-c4ccc(-n5c6ccccc6c6cc7c(cc65)sc5ccccc57)cc4)cc23)cc(-n2c3ccccc3c3cc4c(cc32)sc2ccccc24)c1. The van der Waals surface area contributed by atoms with Gasteiger partial charge in [-0.05, 0) is 145 Å². The van der Waals surface area contributed by atoms with Crippen LogP contribution < -0.4 is 0 Å². The second kappa shape index (κ2) is 18.4. The second-order valence-corrected chi connectivity index (χ2v) is 26.5. The Balaban J connectivity index is 0.742. The van der Waals surface area contributed by atoms with Gasteiger partial charge in [0, 0.05) is 126 Å². The largest absolute Gasteiger partial charge is 0.309 e. The highest BCUT2D eigenvalue weighted by molar-refractivity contribution is 7.26. The van der Waals surface area contributed by atoms with E-state index in [1.54, 1.807) is 0 Å². The lowest BCUT2D eigenvalue weighted by Gasteiger charge is -2.14. The van der Waals surface area contributed by atoms with Crippen LogP contribution in [-0.2, 0) is 0 Å². The minimum atomic E-state index is 0.675. The van der Waals surface area contributed by atoms with Gasteiger partial charge in [0.05, 0.1) is 44.3 Å². The summed E-state index contributed by atoms with van der Waals surface area (Å²) in [5.41, 5.74) is 16.4. The van der Waals surface area contributed by atoms with Gasteiger partial charge in [-0.1, -0.05) is 140 Å². The summed E-state index contributed by atoms with van der Waals surface area (Å²) in [6, 6.07) is 101. The lowest BCUT2D eigenvalue weighted by molar-refractivity contribution is 1.17. The smallest absolute Gasteiger partial charge is 0.160 e. The fourth-order valence-corrected chi connectivity index (χ4v) is 17.8. The third-order valence-corrected chi connectivity index (χ3v) is 21.8. The molecule has 0 atom stereocenters. The molecule has 20 rings (SSSR count). The Morgan fingerprint density at radius 2 is 0.625 bits per heavy atom. The molecule has 13 aromatic carbocycles. The molecule has 0 aliphatic rings. The molecular formula is C80H45N5S3. The lowest BCUT2D eigenvalue weighted by atomic mass is 9.99. The summed E-state index contributed by atoms with van der Waals surface area (Å²) in [4.78, 5) is 11.1. The molecule has 0 amide bonds. The molecule has 0 radical (unpaired) electrons. The molecule has 8 heteroatoms. The van der Waals surface area contributed by atoms with Gasteiger partial charge >= 0.3 is 0 Å². The molecule has 0 aliphatic heterocycles. The summed E-state index contributed by atoms with van der Waals surface area (Å²) < 4.78 is 15.1. The zero-order valence-electron chi connectivity index (χ0n) is 46.9. The second-order valence-electron chi connectivity index (χ2n) is 23.2. The van der Waals surface area contributed by atoms with Crippen LogP contribution in [0.3, 0.4) is 0 Å². The Bertz CT molecular complexity index is 6370. The van der Waals surface area contributed by atoms with E-state index in [0.717, 1.165) is 55.9 Å². The van der Waals surface area contributed by atoms with E-state index in [1.807, 2.05) is 34.0 Å². The summed E-state index contributed by atoms with van der Waals surface area (Å²) in [5.74, 6) is 0.675. The summed E-state index contributed by atoms with van der Waals surface area (Å²) in [7, 11) is 0. The molecule has 0 unspecified atom stereocenters. The first-order valence-electron chi connectivity index (χ1n) is 29.8. The number of hydrogen-bond donors (Lipinski definition) is 0. The number of para-hydroxylation sites is 3. The highest BCUT2D eigenvalue weighted by atomic mass is 32.1. The number of fused-ring (bicyclic) bond motifs is 19. The van der Waals surface area contributed by atoms with Gasteiger partial charge in [-0.2, -0.15) is 0 Å². The van der Waals surface area contributed by atoms with Gasteiger partial charge in [0.15, 0.2) is 5.82 Å². The van der Waals surface area contributed by atoms with Gasteiger partial charge in [0.2, 0.25) is 0 Å². The zero-order valence-corrected chi connectivity index (χ0v) is 49.4. The van der Waals surface area contributed by atoms with Crippen LogP contribution in [-0.4, -0.2) is 23.7 Å². The zero-order chi connectivity index (χ0) is 57.3. The highest BCUT2D eigenvalue weighted by Gasteiger charge is 2.22. The van der Waals surface area contributed by atoms with Crippen molar-refractivity contribution >= 4 is 171 Å². The number of benzene rings is 13. The van der Waals surface area contributed by atoms with Crippen molar-refractivity contribution in [3.05, 3.63) is 273 Å². The van der Waals surface area contributed by atoms with Gasteiger partial charge in [0.25, 0.3) is 0 Å². The van der Waals surface area contributed by atoms with Crippen molar-refractivity contribution in [2.24, 2.45) is 0 Å². The van der Waals surface area contributed by atoms with E-state index in [4.69, 9.17) is 9.97 Å². The normalized spacial score (nSPS) is 12.3. The molecule has 0 N–H and O–H groups in total. The molecule has 0 saturated heterocycles. The average Bonchev–Trinajstić information content (AvgIpc) is 2.15. The van der Waals surface area contributed by atoms with Crippen LogP contribution >= 0.6 is 34.0 Å². The van der Waals surface area contributed by atoms with E-state index in [9.17, 15) is 0 Å². The van der Waals surface area contributed by atoms with E-state index in [2.05, 4.69) is 287 Å². The maximum absolute atomic E-state index is 5.65. The topological polar surface area (TPSA) is 40.6 Å². The van der Waals surface area contributed by atoms with Crippen molar-refractivity contribution in [3.8, 4) is 50.8 Å². The minimum absolute atomic E-state index is 0.675. The Labute approximate surface area is 514 Å². The average molecular weight is 1170 g/mol. The van der Waals surface area contributed by atoms with Crippen LogP contribution in [0.1, 0.15) is 0 Å². The van der Waals surface area contributed by atoms with Crippen molar-refractivity contribution in [1.82, 2.24) is 23.7 Å². The van der Waals surface area contributed by atoms with E-state index >= 15 is 0 Å². The summed E-state index contributed by atoms with van der Waals surface area (Å²) in [6.45, 7) is 0. The number of hydrogen-bond acceptors (Lipinski definition) is 5. The van der Waals surface area contributed by atoms with Crippen molar-refractivity contribution in [2.75, 3.05) is 0 Å². The van der Waals surface area contributed by atoms with Crippen LogP contribution in [0.15, 0.2) is 273 Å². The predicted molar refractivity (Wildman–Crippen MR) is 378 cm³/mol. The van der Waals surface area contributed by atoms with E-state index < -0.39 is 0 Å². The molecule has 7 heterocycles. The molecule has 5 nitrogen and oxygen atoms in total. The Hall–Kier alpha value is -10.7. The first kappa shape index (κ1) is 48.5. The van der Waals surface area contributed by atoms with Gasteiger partial charge in [-0.25, -0.2) is 9.97 Å². The third kappa shape index (κ3) is 7.07. The Morgan fingerprint density at radius 1 is 0.216 bits per heavy atom. The molecule has 0 saturated carbocycles. The van der Waals surface area contributed by atoms with Crippen LogP contribution in [0.25, 0.3) is 188 Å². The number of aromatic nitrogens is 5. The van der Waals surface area contributed by atoms with Gasteiger partial charge in [0.1, 0.15) is 0 Å². The fraction of sp³-hybridized carbons (Fsp3) is 0. The molecule has 408 valence electrons. The maximum atomic E-state index is 5.65. The van der Waals surface area contributed by atoms with Crippen molar-refractivity contribution in [2.45, 2.75) is 0 Å². The van der Waals surface area contributed by atoms with Crippen LogP contribution in [0, 0.1) is 0 Å². The van der Waals surface area contributed by atoms with Gasteiger partial charge < -0.3 is 13.7 Å². The summed E-state index contributed by atoms with van der Waals surface area (Å²) >= 11 is 5.59. The Morgan fingerprint density at radius 3 is 1.10 bits per heavy atom. The van der Waals surface area contributed by atoms with Crippen LogP contribution in [0.4, 0.5) is 0 Å². The van der Waals surface area contributed by atoms with Crippen LogP contribution in [0.5, 0.6) is 0 Å². The minimum Gasteiger partial charge on any atom is -0.309 e. The summed E-state index contributed by atoms with van der Waals surface area (Å²) in [5, 5.41) is 16.3. The Kier molecular flexibility index (Phi) is 10.1. The molecule has 0 spiro atoms. The number of thiophene rings is 3. The first-order valence-corrected chi connectivity index (χ1v) is 32.2. The van der Waals surface area contributed by atoms with Gasteiger partial charge in [-0.15, -0.1) is 34.0 Å². The molecule has 0 bridgehead atoms. The third-order valence-electron chi connectivity index (χ3n) is 18.4. The fourth-order valence-electron chi connectivity index (χ4n) is 14.4. The molecule has 7 aromatic heterocycles. The van der Waals surface area contributed by atoms with E-state index in [-0.39, 0.29) is 0 Å². The molecule has 0 fully saturated rings. The summed E-state index contributed by atoms with van der Waals surface area (Å²) in [6.07, 6.45) is 0. The maximum Gasteiger partial charge on any atom is 0.160 e. The highest BCUT2D eigenvalue weighted by Crippen LogP contribution is 2.45. The quantitative estimate of drug-likeness (QED) is 0.166. The van der Waals surface area contributed by atoms with Crippen LogP contribution in [0.2, 0.25) is 0 Å². The van der Waals surface area contributed by atoms with E-state index in [0.29, 0.717) is 5.82 Å². The molecule has 88 heavy (non-hydrogen) atoms. The monoisotopic (exact) mass is 1170 g/mol. The number of nitrogens with zero attached hydrogens (tertiary/aromatic N) is 5. The first-order chi connectivity index (χ1) is 43.6.